The highest BCUT2D eigenvalue weighted by Gasteiger charge is 2.34. The summed E-state index contributed by atoms with van der Waals surface area (Å²) in [7, 11) is 1.56. The molecule has 2 aromatic carbocycles. The lowest BCUT2D eigenvalue weighted by Gasteiger charge is -2.26. The molecule has 1 atom stereocenters. The monoisotopic (exact) mass is 536 g/mol. The van der Waals surface area contributed by atoms with Gasteiger partial charge >= 0.3 is 11.9 Å². The maximum atomic E-state index is 13.8. The molecule has 0 bridgehead atoms. The number of rotatable bonds is 10. The van der Waals surface area contributed by atoms with Crippen molar-refractivity contribution in [3.63, 3.8) is 0 Å². The van der Waals surface area contributed by atoms with E-state index in [0.717, 1.165) is 12.0 Å². The van der Waals surface area contributed by atoms with E-state index in [2.05, 4.69) is 0 Å². The van der Waals surface area contributed by atoms with Crippen LogP contribution < -0.4 is 24.4 Å². The van der Waals surface area contributed by atoms with Crippen molar-refractivity contribution in [3.05, 3.63) is 90.6 Å². The Morgan fingerprint density at radius 1 is 1.13 bits per heavy atom. The molecule has 4 rings (SSSR count). The molecule has 0 saturated heterocycles. The van der Waals surface area contributed by atoms with Crippen LogP contribution >= 0.6 is 11.3 Å². The van der Waals surface area contributed by atoms with Gasteiger partial charge in [0.2, 0.25) is 0 Å². The van der Waals surface area contributed by atoms with E-state index in [1.807, 2.05) is 25.1 Å². The summed E-state index contributed by atoms with van der Waals surface area (Å²) >= 11 is 1.24. The predicted octanol–water partition coefficient (Wildman–Crippen LogP) is 3.05. The van der Waals surface area contributed by atoms with Crippen LogP contribution in [0.15, 0.2) is 69.6 Å². The van der Waals surface area contributed by atoms with Gasteiger partial charge in [-0.15, -0.1) is 0 Å². The van der Waals surface area contributed by atoms with Crippen LogP contribution in [0.5, 0.6) is 11.5 Å². The maximum Gasteiger partial charge on any atom is 0.341 e. The highest BCUT2D eigenvalue weighted by molar-refractivity contribution is 7.07. The third-order valence-corrected chi connectivity index (χ3v) is 6.82. The summed E-state index contributed by atoms with van der Waals surface area (Å²) in [6, 6.07) is 13.3. The number of hydrogen-bond donors (Lipinski definition) is 1. The van der Waals surface area contributed by atoms with Crippen LogP contribution in [0.1, 0.15) is 43.9 Å². The molecule has 1 aliphatic heterocycles. The largest absolute Gasteiger partial charge is 0.497 e. The van der Waals surface area contributed by atoms with Gasteiger partial charge in [0.15, 0.2) is 11.4 Å². The van der Waals surface area contributed by atoms with Gasteiger partial charge in [0.05, 0.1) is 35.6 Å². The number of nitrogens with zero attached hydrogens (tertiary/aromatic N) is 2. The maximum absolute atomic E-state index is 13.8. The molecule has 9 nitrogen and oxygen atoms in total. The Balaban J connectivity index is 1.87. The average molecular weight is 537 g/mol. The smallest absolute Gasteiger partial charge is 0.341 e. The minimum Gasteiger partial charge on any atom is -0.497 e. The van der Waals surface area contributed by atoms with Crippen LogP contribution in [-0.4, -0.2) is 41.9 Å². The van der Waals surface area contributed by atoms with Crippen LogP contribution in [0.3, 0.4) is 0 Å². The molecule has 0 aliphatic carbocycles. The van der Waals surface area contributed by atoms with Gasteiger partial charge in [-0.05, 0) is 54.8 Å². The Kier molecular flexibility index (Phi) is 8.42. The standard InChI is InChI=1S/C28H28N2O7S/c1-4-7-21-24(27(34)36-5-2)25(18-8-6-9-20(15-18)35-3)30-26(33)22(38-28(30)29-21)14-17-10-12-19(13-11-17)37-16-23(31)32/h6,8-15,25H,4-5,7,16H2,1-3H3,(H,31,32)/b22-14-/t25-/m1/s1. The van der Waals surface area contributed by atoms with E-state index in [4.69, 9.17) is 24.3 Å². The van der Waals surface area contributed by atoms with E-state index in [1.54, 1.807) is 55.0 Å². The Bertz CT molecular complexity index is 1550. The number of aromatic nitrogens is 1. The number of carbonyl (C=O) groups is 2. The molecule has 0 spiro atoms. The fourth-order valence-electron chi connectivity index (χ4n) is 4.20. The summed E-state index contributed by atoms with van der Waals surface area (Å²) in [4.78, 5) is 43.0. The summed E-state index contributed by atoms with van der Waals surface area (Å²) in [6.45, 7) is 3.50. The molecule has 1 aromatic heterocycles. The van der Waals surface area contributed by atoms with Gasteiger partial charge in [-0.2, -0.15) is 0 Å². The van der Waals surface area contributed by atoms with Crippen LogP contribution in [0.4, 0.5) is 0 Å². The first-order valence-electron chi connectivity index (χ1n) is 12.2. The number of hydrogen-bond acceptors (Lipinski definition) is 8. The zero-order chi connectivity index (χ0) is 27.2. The lowest BCUT2D eigenvalue weighted by atomic mass is 9.94. The highest BCUT2D eigenvalue weighted by atomic mass is 32.1. The summed E-state index contributed by atoms with van der Waals surface area (Å²) in [5.41, 5.74) is 2.11. The van der Waals surface area contributed by atoms with Crippen molar-refractivity contribution in [2.45, 2.75) is 32.7 Å². The number of allylic oxidation sites excluding steroid dienone is 1. The molecule has 0 amide bonds. The number of fused-ring (bicyclic) bond motifs is 1. The topological polar surface area (TPSA) is 116 Å². The number of benzene rings is 2. The first-order valence-corrected chi connectivity index (χ1v) is 13.0. The van der Waals surface area contributed by atoms with Gasteiger partial charge in [-0.25, -0.2) is 14.6 Å². The molecule has 0 saturated carbocycles. The molecule has 0 fully saturated rings. The second kappa shape index (κ2) is 11.9. The van der Waals surface area contributed by atoms with E-state index < -0.39 is 24.6 Å². The van der Waals surface area contributed by atoms with Crippen molar-refractivity contribution < 1.29 is 28.9 Å². The second-order valence-corrected chi connectivity index (χ2v) is 9.45. The minimum absolute atomic E-state index is 0.198. The molecule has 10 heteroatoms. The number of thiazole rings is 1. The van der Waals surface area contributed by atoms with E-state index in [0.29, 0.717) is 44.1 Å². The molecular weight excluding hydrogens is 508 g/mol. The molecule has 3 aromatic rings. The summed E-state index contributed by atoms with van der Waals surface area (Å²) in [5, 5.41) is 8.79. The number of aliphatic carboxylic acids is 1. The zero-order valence-corrected chi connectivity index (χ0v) is 22.1. The van der Waals surface area contributed by atoms with Gasteiger partial charge in [-0.1, -0.05) is 48.9 Å². The summed E-state index contributed by atoms with van der Waals surface area (Å²) < 4.78 is 18.0. The van der Waals surface area contributed by atoms with Gasteiger partial charge in [0, 0.05) is 0 Å². The van der Waals surface area contributed by atoms with Crippen molar-refractivity contribution in [2.75, 3.05) is 20.3 Å². The van der Waals surface area contributed by atoms with Crippen molar-refractivity contribution in [1.82, 2.24) is 4.57 Å². The summed E-state index contributed by atoms with van der Waals surface area (Å²) in [6.07, 6.45) is 3.05. The fraction of sp³-hybridized carbons (Fsp3) is 0.286. The number of carboxylic acids is 1. The minimum atomic E-state index is -1.06. The van der Waals surface area contributed by atoms with Gasteiger partial charge in [-0.3, -0.25) is 9.36 Å². The number of esters is 1. The number of carbonyl (C=O) groups excluding carboxylic acids is 1. The Morgan fingerprint density at radius 2 is 1.89 bits per heavy atom. The van der Waals surface area contributed by atoms with Crippen molar-refractivity contribution >= 4 is 29.4 Å². The van der Waals surface area contributed by atoms with Gasteiger partial charge in [0.25, 0.3) is 5.56 Å². The van der Waals surface area contributed by atoms with Gasteiger partial charge in [0.1, 0.15) is 11.5 Å². The first kappa shape index (κ1) is 26.9. The van der Waals surface area contributed by atoms with Crippen LogP contribution in [0.2, 0.25) is 0 Å². The molecule has 38 heavy (non-hydrogen) atoms. The third-order valence-electron chi connectivity index (χ3n) is 5.84. The van der Waals surface area contributed by atoms with Crippen molar-refractivity contribution in [2.24, 2.45) is 4.99 Å². The fourth-order valence-corrected chi connectivity index (χ4v) is 5.22. The highest BCUT2D eigenvalue weighted by Crippen LogP contribution is 2.33. The van der Waals surface area contributed by atoms with E-state index in [9.17, 15) is 14.4 Å². The van der Waals surface area contributed by atoms with Gasteiger partial charge < -0.3 is 19.3 Å². The predicted molar refractivity (Wildman–Crippen MR) is 142 cm³/mol. The second-order valence-electron chi connectivity index (χ2n) is 8.44. The Labute approximate surface area is 222 Å². The molecule has 2 heterocycles. The third kappa shape index (κ3) is 5.70. The molecule has 198 valence electrons. The molecule has 1 N–H and O–H groups in total. The summed E-state index contributed by atoms with van der Waals surface area (Å²) in [5.74, 6) is -0.552. The molecule has 1 aliphatic rings. The molecular formula is C28H28N2O7S. The van der Waals surface area contributed by atoms with Crippen molar-refractivity contribution in [1.29, 1.82) is 0 Å². The number of carboxylic acid groups (broad SMARTS) is 1. The Hall–Kier alpha value is -4.18. The van der Waals surface area contributed by atoms with Crippen molar-refractivity contribution in [3.8, 4) is 11.5 Å². The molecule has 0 unspecified atom stereocenters. The van der Waals surface area contributed by atoms with Crippen LogP contribution in [0.25, 0.3) is 6.08 Å². The Morgan fingerprint density at radius 3 is 2.55 bits per heavy atom. The lowest BCUT2D eigenvalue weighted by Crippen LogP contribution is -2.40. The van der Waals surface area contributed by atoms with Crippen LogP contribution in [0, 0.1) is 0 Å². The van der Waals surface area contributed by atoms with E-state index in [-0.39, 0.29) is 12.2 Å². The average Bonchev–Trinajstić information content (AvgIpc) is 3.22. The normalized spacial score (nSPS) is 15.0. The SMILES string of the molecule is CCCC1=C(C(=O)OCC)[C@@H](c2cccc(OC)c2)n2c(s/c(=C\c3ccc(OCC(=O)O)cc3)c2=O)=N1. The molecule has 0 radical (unpaired) electrons. The zero-order valence-electron chi connectivity index (χ0n) is 21.3. The lowest BCUT2D eigenvalue weighted by molar-refractivity contribution is -0.140. The van der Waals surface area contributed by atoms with E-state index >= 15 is 0 Å². The number of ether oxygens (including phenoxy) is 3. The van der Waals surface area contributed by atoms with E-state index in [1.165, 1.54) is 11.3 Å². The number of methoxy groups -OCH3 is 1. The quantitative estimate of drug-likeness (QED) is 0.396. The van der Waals surface area contributed by atoms with Crippen LogP contribution in [-0.2, 0) is 14.3 Å². The first-order chi connectivity index (χ1) is 18.4.